The number of phenols is 1. The van der Waals surface area contributed by atoms with Gasteiger partial charge in [-0.1, -0.05) is 42.5 Å². The summed E-state index contributed by atoms with van der Waals surface area (Å²) in [5.41, 5.74) is 4.55. The zero-order chi connectivity index (χ0) is 18.4. The highest BCUT2D eigenvalue weighted by molar-refractivity contribution is 6.12. The van der Waals surface area contributed by atoms with Gasteiger partial charge in [0, 0.05) is 17.0 Å². The van der Waals surface area contributed by atoms with E-state index in [9.17, 15) is 9.50 Å². The molecule has 4 heteroatoms. The third-order valence-electron chi connectivity index (χ3n) is 4.65. The summed E-state index contributed by atoms with van der Waals surface area (Å²) in [4.78, 5) is 4.69. The molecule has 2 aromatic heterocycles. The van der Waals surface area contributed by atoms with Crippen molar-refractivity contribution in [3.8, 4) is 28.1 Å². The largest absolute Gasteiger partial charge is 0.508 e. The van der Waals surface area contributed by atoms with Crippen molar-refractivity contribution in [3.05, 3.63) is 84.7 Å². The van der Waals surface area contributed by atoms with Crippen LogP contribution in [0.3, 0.4) is 0 Å². The third kappa shape index (κ3) is 2.62. The van der Waals surface area contributed by atoms with Gasteiger partial charge in [0.2, 0.25) is 5.71 Å². The Morgan fingerprint density at radius 1 is 0.815 bits per heavy atom. The zero-order valence-corrected chi connectivity index (χ0v) is 14.2. The molecule has 0 atom stereocenters. The van der Waals surface area contributed by atoms with Crippen LogP contribution in [0.2, 0.25) is 0 Å². The van der Waals surface area contributed by atoms with Gasteiger partial charge in [-0.3, -0.25) is 0 Å². The van der Waals surface area contributed by atoms with E-state index in [-0.39, 0.29) is 11.6 Å². The topological polar surface area (TPSA) is 46.3 Å². The van der Waals surface area contributed by atoms with Crippen molar-refractivity contribution in [2.45, 2.75) is 0 Å². The average molecular weight is 355 g/mol. The summed E-state index contributed by atoms with van der Waals surface area (Å²) in [6.45, 7) is 0. The van der Waals surface area contributed by atoms with Crippen molar-refractivity contribution in [1.29, 1.82) is 0 Å². The van der Waals surface area contributed by atoms with Crippen molar-refractivity contribution >= 4 is 22.1 Å². The van der Waals surface area contributed by atoms with E-state index in [1.54, 1.807) is 24.3 Å². The van der Waals surface area contributed by atoms with Gasteiger partial charge in [-0.15, -0.1) is 0 Å². The van der Waals surface area contributed by atoms with Crippen LogP contribution in [0.4, 0.5) is 4.39 Å². The molecule has 2 heterocycles. The highest BCUT2D eigenvalue weighted by Crippen LogP contribution is 2.39. The van der Waals surface area contributed by atoms with Crippen molar-refractivity contribution < 1.29 is 13.9 Å². The fourth-order valence-corrected chi connectivity index (χ4v) is 3.38. The van der Waals surface area contributed by atoms with Crippen LogP contribution in [0.1, 0.15) is 0 Å². The minimum atomic E-state index is -0.283. The van der Waals surface area contributed by atoms with Crippen LogP contribution in [0.5, 0.6) is 5.75 Å². The molecule has 0 spiro atoms. The summed E-state index contributed by atoms with van der Waals surface area (Å²) >= 11 is 0. The molecule has 5 aromatic rings. The molecule has 0 aliphatic carbocycles. The molecule has 0 unspecified atom stereocenters. The van der Waals surface area contributed by atoms with E-state index in [0.29, 0.717) is 11.3 Å². The van der Waals surface area contributed by atoms with Crippen LogP contribution in [0, 0.1) is 5.82 Å². The molecular weight excluding hydrogens is 341 g/mol. The maximum atomic E-state index is 13.4. The minimum Gasteiger partial charge on any atom is -0.508 e. The van der Waals surface area contributed by atoms with Crippen LogP contribution in [-0.4, -0.2) is 10.1 Å². The molecule has 0 aliphatic heterocycles. The van der Waals surface area contributed by atoms with Gasteiger partial charge in [0.25, 0.3) is 0 Å². The van der Waals surface area contributed by atoms with E-state index in [4.69, 9.17) is 9.40 Å². The van der Waals surface area contributed by atoms with E-state index in [1.807, 2.05) is 42.5 Å². The summed E-state index contributed by atoms with van der Waals surface area (Å²) in [6, 6.07) is 23.2. The van der Waals surface area contributed by atoms with Crippen molar-refractivity contribution in [1.82, 2.24) is 4.98 Å². The second-order valence-electron chi connectivity index (χ2n) is 6.39. The predicted octanol–water partition coefficient (Wildman–Crippen LogP) is 6.16. The standard InChI is InChI=1S/C23H14FNO2/c24-16-8-6-14(7-9-16)19-13-20(15-4-2-1-3-5-15)25-23-22(19)18-11-10-17(26)12-21(18)27-23/h1-13,26H. The highest BCUT2D eigenvalue weighted by Gasteiger charge is 2.17. The van der Waals surface area contributed by atoms with E-state index in [1.165, 1.54) is 12.1 Å². The van der Waals surface area contributed by atoms with Crippen LogP contribution >= 0.6 is 0 Å². The molecule has 0 aliphatic rings. The molecule has 1 N–H and O–H groups in total. The number of aromatic nitrogens is 1. The quantitative estimate of drug-likeness (QED) is 0.412. The monoisotopic (exact) mass is 355 g/mol. The van der Waals surface area contributed by atoms with E-state index in [2.05, 4.69) is 0 Å². The Balaban J connectivity index is 1.88. The highest BCUT2D eigenvalue weighted by atomic mass is 19.1. The van der Waals surface area contributed by atoms with Crippen LogP contribution in [-0.2, 0) is 0 Å². The number of fused-ring (bicyclic) bond motifs is 3. The molecule has 0 saturated carbocycles. The summed E-state index contributed by atoms with van der Waals surface area (Å²) in [5, 5.41) is 11.5. The maximum Gasteiger partial charge on any atom is 0.228 e. The van der Waals surface area contributed by atoms with Gasteiger partial charge >= 0.3 is 0 Å². The molecule has 0 saturated heterocycles. The molecule has 3 nitrogen and oxygen atoms in total. The lowest BCUT2D eigenvalue weighted by atomic mass is 9.98. The maximum absolute atomic E-state index is 13.4. The predicted molar refractivity (Wildman–Crippen MR) is 104 cm³/mol. The number of rotatable bonds is 2. The average Bonchev–Trinajstić information content (AvgIpc) is 3.06. The first kappa shape index (κ1) is 15.6. The molecule has 0 fully saturated rings. The van der Waals surface area contributed by atoms with Gasteiger partial charge in [0.1, 0.15) is 17.1 Å². The number of hydrogen-bond donors (Lipinski definition) is 1. The molecule has 0 radical (unpaired) electrons. The van der Waals surface area contributed by atoms with E-state index < -0.39 is 0 Å². The van der Waals surface area contributed by atoms with Crippen molar-refractivity contribution in [3.63, 3.8) is 0 Å². The van der Waals surface area contributed by atoms with Crippen molar-refractivity contribution in [2.75, 3.05) is 0 Å². The van der Waals surface area contributed by atoms with Crippen LogP contribution in [0.25, 0.3) is 44.5 Å². The lowest BCUT2D eigenvalue weighted by Crippen LogP contribution is -1.88. The SMILES string of the molecule is Oc1ccc2c(c1)oc1nc(-c3ccccc3)cc(-c3ccc(F)cc3)c12. The Labute approximate surface area is 154 Å². The lowest BCUT2D eigenvalue weighted by Gasteiger charge is -2.08. The number of pyridine rings is 1. The summed E-state index contributed by atoms with van der Waals surface area (Å²) in [7, 11) is 0. The van der Waals surface area contributed by atoms with Gasteiger partial charge in [-0.2, -0.15) is 0 Å². The molecule has 3 aromatic carbocycles. The van der Waals surface area contributed by atoms with Gasteiger partial charge in [0.15, 0.2) is 0 Å². The van der Waals surface area contributed by atoms with Gasteiger partial charge in [0.05, 0.1) is 11.1 Å². The molecule has 0 bridgehead atoms. The normalized spacial score (nSPS) is 11.3. The number of aromatic hydroxyl groups is 1. The Morgan fingerprint density at radius 2 is 1.59 bits per heavy atom. The first-order valence-corrected chi connectivity index (χ1v) is 8.57. The van der Waals surface area contributed by atoms with E-state index >= 15 is 0 Å². The fraction of sp³-hybridized carbons (Fsp3) is 0. The van der Waals surface area contributed by atoms with Gasteiger partial charge in [-0.05, 0) is 41.5 Å². The Bertz CT molecular complexity index is 1280. The van der Waals surface area contributed by atoms with Crippen LogP contribution < -0.4 is 0 Å². The zero-order valence-electron chi connectivity index (χ0n) is 14.2. The van der Waals surface area contributed by atoms with Crippen molar-refractivity contribution in [2.24, 2.45) is 0 Å². The van der Waals surface area contributed by atoms with Gasteiger partial charge < -0.3 is 9.52 Å². The summed E-state index contributed by atoms with van der Waals surface area (Å²) in [6.07, 6.45) is 0. The Hall–Kier alpha value is -3.66. The Morgan fingerprint density at radius 3 is 2.37 bits per heavy atom. The van der Waals surface area contributed by atoms with Crippen LogP contribution in [0.15, 0.2) is 83.3 Å². The van der Waals surface area contributed by atoms with Gasteiger partial charge in [-0.25, -0.2) is 9.37 Å². The Kier molecular flexibility index (Phi) is 3.44. The summed E-state index contributed by atoms with van der Waals surface area (Å²) < 4.78 is 19.4. The van der Waals surface area contributed by atoms with E-state index in [0.717, 1.165) is 33.2 Å². The smallest absolute Gasteiger partial charge is 0.228 e. The molecule has 5 rings (SSSR count). The summed E-state index contributed by atoms with van der Waals surface area (Å²) in [5.74, 6) is -0.150. The third-order valence-corrected chi connectivity index (χ3v) is 4.65. The number of nitrogens with zero attached hydrogens (tertiary/aromatic N) is 1. The second kappa shape index (κ2) is 5.95. The number of furan rings is 1. The molecule has 0 amide bonds. The molecule has 130 valence electrons. The lowest BCUT2D eigenvalue weighted by molar-refractivity contribution is 0.475. The first-order chi connectivity index (χ1) is 13.2. The first-order valence-electron chi connectivity index (χ1n) is 8.57. The number of benzene rings is 3. The second-order valence-corrected chi connectivity index (χ2v) is 6.39. The minimum absolute atomic E-state index is 0.133. The number of phenolic OH excluding ortho intramolecular Hbond substituents is 1. The molecular formula is C23H14FNO2. The molecule has 27 heavy (non-hydrogen) atoms. The number of halogens is 1. The number of hydrogen-bond acceptors (Lipinski definition) is 3. The fourth-order valence-electron chi connectivity index (χ4n) is 3.38.